The molecular weight excluding hydrogens is 360 g/mol. The Bertz CT molecular complexity index is 1120. The van der Waals surface area contributed by atoms with Crippen molar-refractivity contribution in [1.82, 2.24) is 4.57 Å². The maximum atomic E-state index is 12.8. The third kappa shape index (κ3) is 3.85. The maximum Gasteiger partial charge on any atom is 0.325 e. The fourth-order valence-corrected chi connectivity index (χ4v) is 4.33. The molecule has 0 fully saturated rings. The molecule has 2 aromatic carbocycles. The summed E-state index contributed by atoms with van der Waals surface area (Å²) in [5, 5.41) is 0. The Morgan fingerprint density at radius 2 is 1.78 bits per heavy atom. The molecule has 0 bridgehead atoms. The molecule has 0 saturated carbocycles. The Labute approximate surface area is 161 Å². The number of aromatic nitrogens is 1. The van der Waals surface area contributed by atoms with Crippen LogP contribution in [0, 0.1) is 27.7 Å². The molecule has 3 rings (SSSR count). The van der Waals surface area contributed by atoms with Crippen LogP contribution in [0.4, 0.5) is 0 Å². The third-order valence-corrected chi connectivity index (χ3v) is 5.47. The van der Waals surface area contributed by atoms with Crippen LogP contribution < -0.4 is 4.80 Å². The van der Waals surface area contributed by atoms with Gasteiger partial charge in [0.15, 0.2) is 4.80 Å². The average Bonchev–Trinajstić information content (AvgIpc) is 2.93. The first-order chi connectivity index (χ1) is 12.8. The molecule has 140 valence electrons. The van der Waals surface area contributed by atoms with Gasteiger partial charge in [-0.15, -0.1) is 0 Å². The second kappa shape index (κ2) is 7.48. The van der Waals surface area contributed by atoms with Gasteiger partial charge in [-0.2, -0.15) is 4.99 Å². The number of carbonyl (C=O) groups is 2. The van der Waals surface area contributed by atoms with Crippen molar-refractivity contribution in [2.24, 2.45) is 4.99 Å². The SMILES string of the molecule is COC(=O)Cn1c(=NC(=O)c2cc(C)ccc2C)sc2cc(C)cc(C)c21. The number of ether oxygens (including phenoxy) is 1. The van der Waals surface area contributed by atoms with Crippen LogP contribution in [0.1, 0.15) is 32.6 Å². The van der Waals surface area contributed by atoms with Crippen molar-refractivity contribution in [2.75, 3.05) is 7.11 Å². The molecule has 0 saturated heterocycles. The Hall–Kier alpha value is -2.73. The summed E-state index contributed by atoms with van der Waals surface area (Å²) in [6.45, 7) is 7.86. The normalized spacial score (nSPS) is 11.8. The highest BCUT2D eigenvalue weighted by atomic mass is 32.1. The molecule has 0 aliphatic carbocycles. The first kappa shape index (κ1) is 19.0. The molecule has 3 aromatic rings. The van der Waals surface area contributed by atoms with Crippen LogP contribution in [0.3, 0.4) is 0 Å². The number of methoxy groups -OCH3 is 1. The summed E-state index contributed by atoms with van der Waals surface area (Å²) in [4.78, 5) is 29.6. The van der Waals surface area contributed by atoms with Crippen LogP contribution in [0.15, 0.2) is 35.3 Å². The number of benzene rings is 2. The van der Waals surface area contributed by atoms with Gasteiger partial charge in [-0.1, -0.05) is 35.1 Å². The van der Waals surface area contributed by atoms with Gasteiger partial charge in [0.05, 0.1) is 17.3 Å². The van der Waals surface area contributed by atoms with E-state index in [0.717, 1.165) is 32.5 Å². The van der Waals surface area contributed by atoms with E-state index in [-0.39, 0.29) is 18.4 Å². The second-order valence-electron chi connectivity index (χ2n) is 6.71. The summed E-state index contributed by atoms with van der Waals surface area (Å²) >= 11 is 1.41. The van der Waals surface area contributed by atoms with E-state index >= 15 is 0 Å². The zero-order chi connectivity index (χ0) is 19.7. The lowest BCUT2D eigenvalue weighted by Crippen LogP contribution is -2.23. The van der Waals surface area contributed by atoms with Crippen molar-refractivity contribution in [3.8, 4) is 0 Å². The molecule has 27 heavy (non-hydrogen) atoms. The van der Waals surface area contributed by atoms with Crippen LogP contribution in [0.2, 0.25) is 0 Å². The van der Waals surface area contributed by atoms with E-state index in [1.165, 1.54) is 18.4 Å². The van der Waals surface area contributed by atoms with Crippen molar-refractivity contribution >= 4 is 33.4 Å². The predicted octanol–water partition coefficient (Wildman–Crippen LogP) is 3.85. The first-order valence-electron chi connectivity index (χ1n) is 8.64. The molecule has 1 amide bonds. The highest BCUT2D eigenvalue weighted by Gasteiger charge is 2.15. The van der Waals surface area contributed by atoms with E-state index in [0.29, 0.717) is 10.4 Å². The number of hydrogen-bond donors (Lipinski definition) is 0. The van der Waals surface area contributed by atoms with E-state index < -0.39 is 0 Å². The van der Waals surface area contributed by atoms with Gasteiger partial charge in [-0.3, -0.25) is 9.59 Å². The second-order valence-corrected chi connectivity index (χ2v) is 7.72. The molecule has 5 nitrogen and oxygen atoms in total. The van der Waals surface area contributed by atoms with Crippen LogP contribution in [-0.4, -0.2) is 23.6 Å². The summed E-state index contributed by atoms with van der Waals surface area (Å²) in [5.41, 5.74) is 5.52. The number of nitrogens with zero attached hydrogens (tertiary/aromatic N) is 2. The van der Waals surface area contributed by atoms with Gasteiger partial charge in [0.25, 0.3) is 5.91 Å². The molecule has 0 spiro atoms. The Morgan fingerprint density at radius 3 is 2.48 bits per heavy atom. The van der Waals surface area contributed by atoms with Gasteiger partial charge in [0.1, 0.15) is 6.54 Å². The minimum atomic E-state index is -0.379. The largest absolute Gasteiger partial charge is 0.468 e. The first-order valence-corrected chi connectivity index (χ1v) is 9.45. The number of thiazole rings is 1. The molecular formula is C21H22N2O3S. The highest BCUT2D eigenvalue weighted by Crippen LogP contribution is 2.23. The van der Waals surface area contributed by atoms with Crippen molar-refractivity contribution in [2.45, 2.75) is 34.2 Å². The quantitative estimate of drug-likeness (QED) is 0.647. The number of fused-ring (bicyclic) bond motifs is 1. The fraction of sp³-hybridized carbons (Fsp3) is 0.286. The van der Waals surface area contributed by atoms with Crippen LogP contribution >= 0.6 is 11.3 Å². The van der Waals surface area contributed by atoms with E-state index in [4.69, 9.17) is 4.74 Å². The van der Waals surface area contributed by atoms with E-state index in [9.17, 15) is 9.59 Å². The standard InChI is InChI=1S/C21H22N2O3S/c1-12-6-7-14(3)16(9-12)20(25)22-21-23(11-18(24)26-5)19-15(4)8-13(2)10-17(19)27-21/h6-10H,11H2,1-5H3. The number of carbonyl (C=O) groups excluding carboxylic acids is 2. The number of amides is 1. The Kier molecular flexibility index (Phi) is 5.28. The van der Waals surface area contributed by atoms with Crippen LogP contribution in [0.25, 0.3) is 10.2 Å². The van der Waals surface area contributed by atoms with Crippen molar-refractivity contribution in [1.29, 1.82) is 0 Å². The summed E-state index contributed by atoms with van der Waals surface area (Å²) in [6.07, 6.45) is 0. The smallest absolute Gasteiger partial charge is 0.325 e. The number of aryl methyl sites for hydroxylation is 4. The van der Waals surface area contributed by atoms with Crippen LogP contribution in [0.5, 0.6) is 0 Å². The molecule has 6 heteroatoms. The van der Waals surface area contributed by atoms with Crippen molar-refractivity contribution in [3.63, 3.8) is 0 Å². The summed E-state index contributed by atoms with van der Waals surface area (Å²) in [5.74, 6) is -0.689. The minimum Gasteiger partial charge on any atom is -0.468 e. The van der Waals surface area contributed by atoms with E-state index in [2.05, 4.69) is 11.1 Å². The highest BCUT2D eigenvalue weighted by molar-refractivity contribution is 7.16. The lowest BCUT2D eigenvalue weighted by atomic mass is 10.1. The molecule has 0 aliphatic rings. The summed E-state index contributed by atoms with van der Waals surface area (Å²) < 4.78 is 7.59. The van der Waals surface area contributed by atoms with Crippen molar-refractivity contribution in [3.05, 3.63) is 63.0 Å². The van der Waals surface area contributed by atoms with Crippen LogP contribution in [-0.2, 0) is 16.1 Å². The lowest BCUT2D eigenvalue weighted by molar-refractivity contribution is -0.141. The maximum absolute atomic E-state index is 12.8. The number of hydrogen-bond acceptors (Lipinski definition) is 4. The van der Waals surface area contributed by atoms with Gasteiger partial charge in [-0.25, -0.2) is 0 Å². The molecule has 0 radical (unpaired) electrons. The molecule has 0 N–H and O–H groups in total. The lowest BCUT2D eigenvalue weighted by Gasteiger charge is -2.07. The van der Waals surface area contributed by atoms with Gasteiger partial charge >= 0.3 is 5.97 Å². The topological polar surface area (TPSA) is 60.7 Å². The fourth-order valence-electron chi connectivity index (χ4n) is 3.13. The van der Waals surface area contributed by atoms with Crippen molar-refractivity contribution < 1.29 is 14.3 Å². The average molecular weight is 382 g/mol. The summed E-state index contributed by atoms with van der Waals surface area (Å²) in [6, 6.07) is 9.82. The molecule has 0 unspecified atom stereocenters. The summed E-state index contributed by atoms with van der Waals surface area (Å²) in [7, 11) is 1.35. The van der Waals surface area contributed by atoms with Gasteiger partial charge in [-0.05, 0) is 56.5 Å². The molecule has 0 aliphatic heterocycles. The molecule has 1 aromatic heterocycles. The number of esters is 1. The predicted molar refractivity (Wildman–Crippen MR) is 107 cm³/mol. The number of rotatable bonds is 3. The zero-order valence-electron chi connectivity index (χ0n) is 16.1. The third-order valence-electron chi connectivity index (χ3n) is 4.45. The van der Waals surface area contributed by atoms with E-state index in [1.807, 2.05) is 52.0 Å². The monoisotopic (exact) mass is 382 g/mol. The Morgan fingerprint density at radius 1 is 1.04 bits per heavy atom. The minimum absolute atomic E-state index is 0.0132. The van der Waals surface area contributed by atoms with Gasteiger partial charge in [0.2, 0.25) is 0 Å². The van der Waals surface area contributed by atoms with E-state index in [1.54, 1.807) is 4.57 Å². The zero-order valence-corrected chi connectivity index (χ0v) is 16.9. The molecule has 0 atom stereocenters. The Balaban J connectivity index is 2.23. The van der Waals surface area contributed by atoms with Gasteiger partial charge < -0.3 is 9.30 Å². The van der Waals surface area contributed by atoms with Gasteiger partial charge in [0, 0.05) is 5.56 Å². The molecule has 1 heterocycles.